The summed E-state index contributed by atoms with van der Waals surface area (Å²) < 4.78 is 4.70. The van der Waals surface area contributed by atoms with Crippen LogP contribution < -0.4 is 5.32 Å². The van der Waals surface area contributed by atoms with Gasteiger partial charge in [-0.25, -0.2) is 4.79 Å². The van der Waals surface area contributed by atoms with Gasteiger partial charge in [0.15, 0.2) is 0 Å². The highest BCUT2D eigenvalue weighted by molar-refractivity contribution is 5.94. The quantitative estimate of drug-likeness (QED) is 0.872. The molecular weight excluding hydrogens is 302 g/mol. The van der Waals surface area contributed by atoms with Crippen LogP contribution in [0.4, 0.5) is 0 Å². The maximum Gasteiger partial charge on any atom is 0.337 e. The Bertz CT molecular complexity index is 727. The van der Waals surface area contributed by atoms with E-state index >= 15 is 0 Å². The summed E-state index contributed by atoms with van der Waals surface area (Å²) in [6.07, 6.45) is 0. The predicted octanol–water partition coefficient (Wildman–Crippen LogP) is 3.70. The number of esters is 1. The van der Waals surface area contributed by atoms with E-state index in [4.69, 9.17) is 4.74 Å². The molecule has 0 saturated heterocycles. The Morgan fingerprint density at radius 2 is 1.67 bits per heavy atom. The monoisotopic (exact) mass is 325 g/mol. The lowest BCUT2D eigenvalue weighted by Crippen LogP contribution is -2.23. The van der Waals surface area contributed by atoms with Crippen LogP contribution in [0.2, 0.25) is 0 Å². The van der Waals surface area contributed by atoms with Crippen molar-refractivity contribution < 1.29 is 14.3 Å². The van der Waals surface area contributed by atoms with E-state index < -0.39 is 0 Å². The van der Waals surface area contributed by atoms with E-state index in [-0.39, 0.29) is 17.3 Å². The molecule has 1 N–H and O–H groups in total. The summed E-state index contributed by atoms with van der Waals surface area (Å²) in [6, 6.07) is 14.7. The second-order valence-corrected chi connectivity index (χ2v) is 6.70. The Hall–Kier alpha value is -2.62. The zero-order chi connectivity index (χ0) is 17.7. The van der Waals surface area contributed by atoms with Crippen LogP contribution in [0.5, 0.6) is 0 Å². The summed E-state index contributed by atoms with van der Waals surface area (Å²) in [7, 11) is 1.35. The molecule has 0 radical (unpaired) electrons. The topological polar surface area (TPSA) is 55.4 Å². The van der Waals surface area contributed by atoms with Crippen molar-refractivity contribution in [1.29, 1.82) is 0 Å². The fourth-order valence-corrected chi connectivity index (χ4v) is 2.33. The van der Waals surface area contributed by atoms with Gasteiger partial charge in [0.2, 0.25) is 0 Å². The van der Waals surface area contributed by atoms with Gasteiger partial charge in [-0.15, -0.1) is 0 Å². The lowest BCUT2D eigenvalue weighted by molar-refractivity contribution is 0.0600. The van der Waals surface area contributed by atoms with Crippen LogP contribution in [-0.2, 0) is 16.7 Å². The van der Waals surface area contributed by atoms with E-state index in [2.05, 4.69) is 26.1 Å². The number of hydrogen-bond donors (Lipinski definition) is 1. The first-order valence-electron chi connectivity index (χ1n) is 7.87. The zero-order valence-corrected chi connectivity index (χ0v) is 14.6. The van der Waals surface area contributed by atoms with Crippen molar-refractivity contribution in [1.82, 2.24) is 5.32 Å². The molecule has 0 heterocycles. The van der Waals surface area contributed by atoms with Gasteiger partial charge in [-0.2, -0.15) is 0 Å². The van der Waals surface area contributed by atoms with Crippen molar-refractivity contribution in [3.63, 3.8) is 0 Å². The number of methoxy groups -OCH3 is 1. The van der Waals surface area contributed by atoms with Gasteiger partial charge < -0.3 is 10.1 Å². The third-order valence-corrected chi connectivity index (χ3v) is 3.81. The summed E-state index contributed by atoms with van der Waals surface area (Å²) in [4.78, 5) is 23.8. The maximum absolute atomic E-state index is 12.3. The molecule has 24 heavy (non-hydrogen) atoms. The van der Waals surface area contributed by atoms with E-state index in [1.165, 1.54) is 12.7 Å². The predicted molar refractivity (Wildman–Crippen MR) is 94.1 cm³/mol. The number of amides is 1. The van der Waals surface area contributed by atoms with Crippen molar-refractivity contribution in [2.75, 3.05) is 7.11 Å². The number of benzene rings is 2. The average molecular weight is 325 g/mol. The summed E-state index contributed by atoms with van der Waals surface area (Å²) in [5.41, 5.74) is 3.18. The van der Waals surface area contributed by atoms with Crippen molar-refractivity contribution in [2.45, 2.75) is 32.7 Å². The molecular formula is C20H23NO3. The third-order valence-electron chi connectivity index (χ3n) is 3.81. The standard InChI is InChI=1S/C20H23NO3/c1-20(2,3)17-10-8-15(9-11-17)18(22)21-13-14-6-5-7-16(12-14)19(23)24-4/h5-12H,13H2,1-4H3,(H,21,22). The molecule has 0 aliphatic heterocycles. The third kappa shape index (κ3) is 4.44. The van der Waals surface area contributed by atoms with Gasteiger partial charge in [-0.1, -0.05) is 45.0 Å². The molecule has 2 aromatic carbocycles. The number of ether oxygens (including phenoxy) is 1. The molecule has 126 valence electrons. The van der Waals surface area contributed by atoms with Crippen molar-refractivity contribution >= 4 is 11.9 Å². The van der Waals surface area contributed by atoms with Gasteiger partial charge in [0.25, 0.3) is 5.91 Å². The molecule has 0 bridgehead atoms. The summed E-state index contributed by atoms with van der Waals surface area (Å²) in [5, 5.41) is 2.87. The van der Waals surface area contributed by atoms with E-state index in [9.17, 15) is 9.59 Å². The van der Waals surface area contributed by atoms with Crippen LogP contribution in [0, 0.1) is 0 Å². The van der Waals surface area contributed by atoms with E-state index in [0.717, 1.165) is 5.56 Å². The first-order chi connectivity index (χ1) is 11.3. The first kappa shape index (κ1) is 17.7. The Labute approximate surface area is 142 Å². The lowest BCUT2D eigenvalue weighted by atomic mass is 9.87. The molecule has 0 aliphatic carbocycles. The molecule has 0 spiro atoms. The molecule has 1 amide bonds. The largest absolute Gasteiger partial charge is 0.465 e. The molecule has 4 nitrogen and oxygen atoms in total. The molecule has 0 aliphatic rings. The maximum atomic E-state index is 12.3. The van der Waals surface area contributed by atoms with Crippen LogP contribution in [-0.4, -0.2) is 19.0 Å². The van der Waals surface area contributed by atoms with Gasteiger partial charge in [-0.3, -0.25) is 4.79 Å². The minimum Gasteiger partial charge on any atom is -0.465 e. The minimum atomic E-state index is -0.388. The molecule has 4 heteroatoms. The Balaban J connectivity index is 2.02. The second-order valence-electron chi connectivity index (χ2n) is 6.70. The van der Waals surface area contributed by atoms with Crippen molar-refractivity contribution in [2.24, 2.45) is 0 Å². The highest BCUT2D eigenvalue weighted by atomic mass is 16.5. The molecule has 0 atom stereocenters. The summed E-state index contributed by atoms with van der Waals surface area (Å²) in [6.45, 7) is 6.76. The number of rotatable bonds is 4. The Kier molecular flexibility index (Phi) is 5.39. The van der Waals surface area contributed by atoms with Gasteiger partial charge in [0.1, 0.15) is 0 Å². The fraction of sp³-hybridized carbons (Fsp3) is 0.300. The molecule has 0 unspecified atom stereocenters. The first-order valence-corrected chi connectivity index (χ1v) is 7.87. The van der Waals surface area contributed by atoms with Crippen LogP contribution in [0.3, 0.4) is 0 Å². The second kappa shape index (κ2) is 7.30. The minimum absolute atomic E-state index is 0.0589. The van der Waals surface area contributed by atoms with E-state index in [0.29, 0.717) is 17.7 Å². The van der Waals surface area contributed by atoms with Crippen molar-refractivity contribution in [3.05, 3.63) is 70.8 Å². The molecule has 0 fully saturated rings. The number of carbonyl (C=O) groups excluding carboxylic acids is 2. The average Bonchev–Trinajstić information content (AvgIpc) is 2.58. The highest BCUT2D eigenvalue weighted by Gasteiger charge is 2.14. The van der Waals surface area contributed by atoms with Crippen LogP contribution in [0.25, 0.3) is 0 Å². The van der Waals surface area contributed by atoms with Gasteiger partial charge in [0, 0.05) is 12.1 Å². The molecule has 0 saturated carbocycles. The lowest BCUT2D eigenvalue weighted by Gasteiger charge is -2.19. The fourth-order valence-electron chi connectivity index (χ4n) is 2.33. The van der Waals surface area contributed by atoms with Gasteiger partial charge >= 0.3 is 5.97 Å². The smallest absolute Gasteiger partial charge is 0.337 e. The SMILES string of the molecule is COC(=O)c1cccc(CNC(=O)c2ccc(C(C)(C)C)cc2)c1. The van der Waals surface area contributed by atoms with Crippen LogP contribution >= 0.6 is 0 Å². The van der Waals surface area contributed by atoms with Gasteiger partial charge in [0.05, 0.1) is 12.7 Å². The molecule has 0 aromatic heterocycles. The van der Waals surface area contributed by atoms with E-state index in [1.54, 1.807) is 18.2 Å². The normalized spacial score (nSPS) is 11.0. The Morgan fingerprint density at radius 3 is 2.25 bits per heavy atom. The molecule has 2 aromatic rings. The summed E-state index contributed by atoms with van der Waals surface area (Å²) in [5.74, 6) is -0.528. The van der Waals surface area contributed by atoms with Crippen LogP contribution in [0.15, 0.2) is 48.5 Å². The van der Waals surface area contributed by atoms with Gasteiger partial charge in [-0.05, 0) is 40.8 Å². The zero-order valence-electron chi connectivity index (χ0n) is 14.6. The Morgan fingerprint density at radius 1 is 1.00 bits per heavy atom. The number of hydrogen-bond acceptors (Lipinski definition) is 3. The van der Waals surface area contributed by atoms with Crippen molar-refractivity contribution in [3.8, 4) is 0 Å². The molecule has 2 rings (SSSR count). The highest BCUT2D eigenvalue weighted by Crippen LogP contribution is 2.22. The number of nitrogens with one attached hydrogen (secondary N) is 1. The van der Waals surface area contributed by atoms with E-state index in [1.807, 2.05) is 30.3 Å². The number of carbonyl (C=O) groups is 2. The van der Waals surface area contributed by atoms with Crippen LogP contribution in [0.1, 0.15) is 52.6 Å². The summed E-state index contributed by atoms with van der Waals surface area (Å²) >= 11 is 0.